The molecule has 0 aliphatic rings. The first kappa shape index (κ1) is 24.2. The average molecular weight is 464 g/mol. The molecule has 0 aromatic heterocycles. The monoisotopic (exact) mass is 463 g/mol. The van der Waals surface area contributed by atoms with Gasteiger partial charge in [0.15, 0.2) is 0 Å². The maximum absolute atomic E-state index is 12.5. The Morgan fingerprint density at radius 2 is 1.45 bits per heavy atom. The van der Waals surface area contributed by atoms with Gasteiger partial charge >= 0.3 is 5.97 Å². The number of nitro benzene ring substituents is 1. The van der Waals surface area contributed by atoms with Crippen molar-refractivity contribution in [1.29, 1.82) is 0 Å². The van der Waals surface area contributed by atoms with E-state index in [1.807, 2.05) is 24.3 Å². The molecule has 0 bridgehead atoms. The first-order chi connectivity index (χ1) is 16.0. The fourth-order valence-corrected chi connectivity index (χ4v) is 3.93. The molecule has 6 nitrogen and oxygen atoms in total. The van der Waals surface area contributed by atoms with E-state index in [-0.39, 0.29) is 16.8 Å². The number of ether oxygens (including phenoxy) is 1. The van der Waals surface area contributed by atoms with Crippen LogP contribution in [0, 0.1) is 10.1 Å². The zero-order valence-electron chi connectivity index (χ0n) is 18.4. The number of nitro groups is 1. The summed E-state index contributed by atoms with van der Waals surface area (Å²) in [6.45, 7) is 2.13. The predicted octanol–water partition coefficient (Wildman–Crippen LogP) is 7.07. The van der Waals surface area contributed by atoms with Crippen LogP contribution in [-0.2, 0) is 4.79 Å². The molecule has 0 saturated heterocycles. The summed E-state index contributed by atoms with van der Waals surface area (Å²) >= 11 is 1.02. The van der Waals surface area contributed by atoms with E-state index in [1.54, 1.807) is 36.4 Å². The highest BCUT2D eigenvalue weighted by atomic mass is 32.2. The van der Waals surface area contributed by atoms with Crippen molar-refractivity contribution in [2.75, 3.05) is 0 Å². The molecule has 0 N–H and O–H groups in total. The van der Waals surface area contributed by atoms with E-state index >= 15 is 0 Å². The summed E-state index contributed by atoms with van der Waals surface area (Å²) in [5.41, 5.74) is 2.41. The molecule has 0 atom stereocenters. The predicted molar refractivity (Wildman–Crippen MR) is 130 cm³/mol. The van der Waals surface area contributed by atoms with Crippen LogP contribution in [0.5, 0.6) is 5.75 Å². The second kappa shape index (κ2) is 12.0. The number of non-ortho nitro benzene ring substituents is 1. The molecule has 0 fully saturated rings. The van der Waals surface area contributed by atoms with Crippen LogP contribution in [-0.4, -0.2) is 16.0 Å². The minimum Gasteiger partial charge on any atom is -0.427 e. The van der Waals surface area contributed by atoms with Gasteiger partial charge in [0.2, 0.25) is 5.12 Å². The Bertz CT molecular complexity index is 1090. The molecule has 7 heteroatoms. The van der Waals surface area contributed by atoms with Gasteiger partial charge in [-0.25, -0.2) is 0 Å². The summed E-state index contributed by atoms with van der Waals surface area (Å²) in [6, 6.07) is 20.4. The van der Waals surface area contributed by atoms with Crippen LogP contribution in [0.4, 0.5) is 5.69 Å². The molecule has 170 valence electrons. The lowest BCUT2D eigenvalue weighted by atomic mass is 10.0. The number of carbonyl (C=O) groups excluding carboxylic acids is 2. The van der Waals surface area contributed by atoms with Gasteiger partial charge in [0.05, 0.1) is 4.92 Å². The van der Waals surface area contributed by atoms with E-state index < -0.39 is 4.92 Å². The molecule has 3 rings (SSSR count). The minimum atomic E-state index is -0.472. The molecule has 3 aromatic rings. The zero-order chi connectivity index (χ0) is 23.6. The Kier molecular flexibility index (Phi) is 8.78. The summed E-state index contributed by atoms with van der Waals surface area (Å²) in [5, 5.41) is 10.6. The summed E-state index contributed by atoms with van der Waals surface area (Å²) in [4.78, 5) is 35.4. The number of benzene rings is 3. The summed E-state index contributed by atoms with van der Waals surface area (Å²) in [7, 11) is 0. The third-order valence-electron chi connectivity index (χ3n) is 5.03. The minimum absolute atomic E-state index is 0.0103. The van der Waals surface area contributed by atoms with Gasteiger partial charge in [0.1, 0.15) is 5.75 Å². The summed E-state index contributed by atoms with van der Waals surface area (Å²) in [6.07, 6.45) is 4.56. The highest BCUT2D eigenvalue weighted by Gasteiger charge is 2.11. The third-order valence-corrected chi connectivity index (χ3v) is 5.96. The number of hydrogen-bond donors (Lipinski definition) is 0. The van der Waals surface area contributed by atoms with Gasteiger partial charge in [-0.05, 0) is 65.7 Å². The van der Waals surface area contributed by atoms with Crippen LogP contribution >= 0.6 is 11.8 Å². The van der Waals surface area contributed by atoms with E-state index in [0.29, 0.717) is 22.6 Å². The number of hydrogen-bond acceptors (Lipinski definition) is 6. The van der Waals surface area contributed by atoms with Crippen molar-refractivity contribution in [3.8, 4) is 16.9 Å². The van der Waals surface area contributed by atoms with Crippen LogP contribution < -0.4 is 4.74 Å². The van der Waals surface area contributed by atoms with Crippen molar-refractivity contribution < 1.29 is 19.2 Å². The molecule has 33 heavy (non-hydrogen) atoms. The second-order valence-corrected chi connectivity index (χ2v) is 8.57. The van der Waals surface area contributed by atoms with Gasteiger partial charge in [0.25, 0.3) is 5.69 Å². The average Bonchev–Trinajstić information content (AvgIpc) is 2.83. The maximum Gasteiger partial charge on any atom is 0.311 e. The quantitative estimate of drug-likeness (QED) is 0.0798. The first-order valence-electron chi connectivity index (χ1n) is 10.8. The highest BCUT2D eigenvalue weighted by molar-refractivity contribution is 8.14. The fourth-order valence-electron chi connectivity index (χ4n) is 3.19. The molecule has 0 saturated carbocycles. The van der Waals surface area contributed by atoms with Gasteiger partial charge in [-0.3, -0.25) is 19.7 Å². The van der Waals surface area contributed by atoms with Crippen LogP contribution in [0.2, 0.25) is 0 Å². The molecule has 0 aliphatic carbocycles. The van der Waals surface area contributed by atoms with Crippen molar-refractivity contribution in [2.24, 2.45) is 0 Å². The molecular weight excluding hydrogens is 438 g/mol. The molecule has 3 aromatic carbocycles. The van der Waals surface area contributed by atoms with E-state index in [1.165, 1.54) is 12.1 Å². The van der Waals surface area contributed by atoms with E-state index in [0.717, 1.165) is 48.6 Å². The number of unbranched alkanes of at least 4 members (excludes halogenated alkanes) is 3. The van der Waals surface area contributed by atoms with Crippen LogP contribution in [0.25, 0.3) is 11.1 Å². The van der Waals surface area contributed by atoms with Crippen LogP contribution in [0.1, 0.15) is 49.4 Å². The number of nitrogens with zero attached hydrogens (tertiary/aromatic N) is 1. The molecule has 0 radical (unpaired) electrons. The highest BCUT2D eigenvalue weighted by Crippen LogP contribution is 2.27. The topological polar surface area (TPSA) is 86.5 Å². The number of esters is 1. The van der Waals surface area contributed by atoms with Crippen LogP contribution in [0.15, 0.2) is 77.7 Å². The standard InChI is InChI=1S/C26H25NO5S/c1-2-3-4-5-6-25(28)32-23-15-11-20(12-16-23)19-7-9-21(10-8-19)26(29)33-24-17-13-22(14-18-24)27(30)31/h7-18H,2-6H2,1H3. The SMILES string of the molecule is CCCCCCC(=O)Oc1ccc(-c2ccc(C(=O)Sc3ccc([N+](=O)[O-])cc3)cc2)cc1. The molecule has 0 heterocycles. The van der Waals surface area contributed by atoms with Crippen molar-refractivity contribution in [3.63, 3.8) is 0 Å². The van der Waals surface area contributed by atoms with Crippen molar-refractivity contribution in [3.05, 3.63) is 88.5 Å². The molecular formula is C26H25NO5S. The van der Waals surface area contributed by atoms with E-state index in [4.69, 9.17) is 4.74 Å². The largest absolute Gasteiger partial charge is 0.427 e. The molecule has 0 aliphatic heterocycles. The van der Waals surface area contributed by atoms with Gasteiger partial charge in [0, 0.05) is 29.0 Å². The summed E-state index contributed by atoms with van der Waals surface area (Å²) in [5.74, 6) is 0.303. The Hall–Kier alpha value is -3.45. The summed E-state index contributed by atoms with van der Waals surface area (Å²) < 4.78 is 5.39. The number of thioether (sulfide) groups is 1. The van der Waals surface area contributed by atoms with Gasteiger partial charge in [-0.15, -0.1) is 0 Å². The molecule has 0 amide bonds. The fraction of sp³-hybridized carbons (Fsp3) is 0.231. The van der Waals surface area contributed by atoms with Crippen LogP contribution in [0.3, 0.4) is 0 Å². The normalized spacial score (nSPS) is 10.6. The lowest BCUT2D eigenvalue weighted by Gasteiger charge is -2.07. The van der Waals surface area contributed by atoms with Gasteiger partial charge in [-0.1, -0.05) is 50.5 Å². The van der Waals surface area contributed by atoms with Crippen molar-refractivity contribution >= 4 is 28.5 Å². The number of rotatable bonds is 10. The van der Waals surface area contributed by atoms with Gasteiger partial charge < -0.3 is 4.74 Å². The third kappa shape index (κ3) is 7.29. The smallest absolute Gasteiger partial charge is 0.311 e. The van der Waals surface area contributed by atoms with E-state index in [2.05, 4.69) is 6.92 Å². The zero-order valence-corrected chi connectivity index (χ0v) is 19.2. The Morgan fingerprint density at radius 3 is 2.03 bits per heavy atom. The lowest BCUT2D eigenvalue weighted by Crippen LogP contribution is -2.07. The molecule has 0 spiro atoms. The van der Waals surface area contributed by atoms with E-state index in [9.17, 15) is 19.7 Å². The first-order valence-corrected chi connectivity index (χ1v) is 11.7. The second-order valence-electron chi connectivity index (χ2n) is 7.53. The Balaban J connectivity index is 1.56. The lowest BCUT2D eigenvalue weighted by molar-refractivity contribution is -0.384. The molecule has 0 unspecified atom stereocenters. The Morgan fingerprint density at radius 1 is 0.848 bits per heavy atom. The Labute approximate surface area is 197 Å². The van der Waals surface area contributed by atoms with Gasteiger partial charge in [-0.2, -0.15) is 0 Å². The van der Waals surface area contributed by atoms with Crippen molar-refractivity contribution in [2.45, 2.75) is 43.9 Å². The maximum atomic E-state index is 12.5. The number of carbonyl (C=O) groups is 2. The van der Waals surface area contributed by atoms with Crippen molar-refractivity contribution in [1.82, 2.24) is 0 Å².